The summed E-state index contributed by atoms with van der Waals surface area (Å²) >= 11 is 0. The van der Waals surface area contributed by atoms with Gasteiger partial charge in [-0.25, -0.2) is 4.98 Å². The predicted octanol–water partition coefficient (Wildman–Crippen LogP) is 4.34. The van der Waals surface area contributed by atoms with Crippen molar-refractivity contribution >= 4 is 5.91 Å². The van der Waals surface area contributed by atoms with Gasteiger partial charge in [0.2, 0.25) is 0 Å². The minimum absolute atomic E-state index is 0.0390. The molecule has 4 rings (SSSR count). The molecular weight excluding hydrogens is 372 g/mol. The molecule has 0 bridgehead atoms. The molecule has 2 aromatic carbocycles. The van der Waals surface area contributed by atoms with Gasteiger partial charge in [-0.1, -0.05) is 31.2 Å². The largest absolute Gasteiger partial charge is 0.348 e. The number of benzene rings is 2. The van der Waals surface area contributed by atoms with E-state index in [2.05, 4.69) is 34.3 Å². The average Bonchev–Trinajstić information content (AvgIpc) is 3.20. The van der Waals surface area contributed by atoms with E-state index < -0.39 is 0 Å². The summed E-state index contributed by atoms with van der Waals surface area (Å²) in [6, 6.07) is 16.2. The number of carbonyl (C=O) groups is 1. The van der Waals surface area contributed by atoms with Gasteiger partial charge in [-0.2, -0.15) is 0 Å². The lowest BCUT2D eigenvalue weighted by Gasteiger charge is -2.30. The number of aryl methyl sites for hydroxylation is 1. The molecule has 30 heavy (non-hydrogen) atoms. The molecule has 1 amide bonds. The van der Waals surface area contributed by atoms with Crippen molar-refractivity contribution in [1.29, 1.82) is 0 Å². The van der Waals surface area contributed by atoms with Crippen LogP contribution in [0.2, 0.25) is 0 Å². The van der Waals surface area contributed by atoms with Crippen molar-refractivity contribution in [1.82, 2.24) is 19.8 Å². The van der Waals surface area contributed by atoms with Gasteiger partial charge in [-0.3, -0.25) is 9.69 Å². The second kappa shape index (κ2) is 9.26. The van der Waals surface area contributed by atoms with Gasteiger partial charge in [-0.15, -0.1) is 0 Å². The van der Waals surface area contributed by atoms with Gasteiger partial charge in [0.1, 0.15) is 5.82 Å². The number of hydrogen-bond acceptors (Lipinski definition) is 3. The Labute approximate surface area is 178 Å². The van der Waals surface area contributed by atoms with Gasteiger partial charge < -0.3 is 9.88 Å². The standard InChI is InChI=1S/C25H30N4O/c1-19-11-14-28(15-12-19)18-22-3-7-23(8-4-22)25(30)27-17-21-5-9-24(10-6-21)29-16-13-26-20(29)2/h3-10,13,16,19H,11-12,14-15,17-18H2,1-2H3,(H,27,30). The number of piperidine rings is 1. The van der Waals surface area contributed by atoms with Crippen LogP contribution in [0.3, 0.4) is 0 Å². The Bertz CT molecular complexity index is 967. The fraction of sp³-hybridized carbons (Fsp3) is 0.360. The van der Waals surface area contributed by atoms with E-state index in [0.717, 1.165) is 29.5 Å². The third-order valence-electron chi connectivity index (χ3n) is 5.99. The minimum atomic E-state index is -0.0390. The number of carbonyl (C=O) groups excluding carboxylic acids is 1. The summed E-state index contributed by atoms with van der Waals surface area (Å²) < 4.78 is 2.04. The number of amides is 1. The number of rotatable bonds is 6. The van der Waals surface area contributed by atoms with E-state index in [9.17, 15) is 4.79 Å². The number of nitrogens with one attached hydrogen (secondary N) is 1. The summed E-state index contributed by atoms with van der Waals surface area (Å²) in [4.78, 5) is 19.3. The van der Waals surface area contributed by atoms with E-state index in [0.29, 0.717) is 12.1 Å². The smallest absolute Gasteiger partial charge is 0.251 e. The van der Waals surface area contributed by atoms with Crippen molar-refractivity contribution in [2.24, 2.45) is 5.92 Å². The number of hydrogen-bond donors (Lipinski definition) is 1. The lowest BCUT2D eigenvalue weighted by molar-refractivity contribution is 0.0951. The normalized spacial score (nSPS) is 15.3. The molecule has 1 N–H and O–H groups in total. The molecule has 5 nitrogen and oxygen atoms in total. The van der Waals surface area contributed by atoms with Crippen LogP contribution in [0, 0.1) is 12.8 Å². The highest BCUT2D eigenvalue weighted by Gasteiger charge is 2.15. The van der Waals surface area contributed by atoms with Gasteiger partial charge >= 0.3 is 0 Å². The summed E-state index contributed by atoms with van der Waals surface area (Å²) in [5.74, 6) is 1.76. The van der Waals surface area contributed by atoms with Crippen molar-refractivity contribution in [3.8, 4) is 5.69 Å². The lowest BCUT2D eigenvalue weighted by Crippen LogP contribution is -2.32. The Morgan fingerprint density at radius 1 is 1.03 bits per heavy atom. The molecular formula is C25H30N4O. The van der Waals surface area contributed by atoms with Gasteiger partial charge in [0, 0.05) is 36.7 Å². The average molecular weight is 403 g/mol. The minimum Gasteiger partial charge on any atom is -0.348 e. The highest BCUT2D eigenvalue weighted by atomic mass is 16.1. The van der Waals surface area contributed by atoms with E-state index in [1.54, 1.807) is 6.20 Å². The van der Waals surface area contributed by atoms with Crippen LogP contribution in [-0.2, 0) is 13.1 Å². The van der Waals surface area contributed by atoms with E-state index in [4.69, 9.17) is 0 Å². The number of aromatic nitrogens is 2. The van der Waals surface area contributed by atoms with Crippen LogP contribution in [0.25, 0.3) is 5.69 Å². The molecule has 1 aromatic heterocycles. The van der Waals surface area contributed by atoms with Crippen LogP contribution in [0.1, 0.15) is 47.1 Å². The molecule has 0 unspecified atom stereocenters. The monoisotopic (exact) mass is 402 g/mol. The molecule has 3 aromatic rings. The van der Waals surface area contributed by atoms with Crippen molar-refractivity contribution < 1.29 is 4.79 Å². The molecule has 0 radical (unpaired) electrons. The predicted molar refractivity (Wildman–Crippen MR) is 120 cm³/mol. The fourth-order valence-corrected chi connectivity index (χ4v) is 3.95. The molecule has 5 heteroatoms. The second-order valence-corrected chi connectivity index (χ2v) is 8.35. The Balaban J connectivity index is 1.29. The van der Waals surface area contributed by atoms with Gasteiger partial charge in [-0.05, 0) is 74.2 Å². The molecule has 0 aliphatic carbocycles. The maximum atomic E-state index is 12.5. The first-order valence-corrected chi connectivity index (χ1v) is 10.8. The van der Waals surface area contributed by atoms with Crippen LogP contribution >= 0.6 is 0 Å². The van der Waals surface area contributed by atoms with Crippen molar-refractivity contribution in [3.05, 3.63) is 83.4 Å². The van der Waals surface area contributed by atoms with Crippen LogP contribution in [0.15, 0.2) is 60.9 Å². The van der Waals surface area contributed by atoms with Gasteiger partial charge in [0.25, 0.3) is 5.91 Å². The number of likely N-dealkylation sites (tertiary alicyclic amines) is 1. The van der Waals surface area contributed by atoms with Crippen molar-refractivity contribution in [2.45, 2.75) is 39.8 Å². The Hall–Kier alpha value is -2.92. The van der Waals surface area contributed by atoms with Gasteiger partial charge in [0.15, 0.2) is 0 Å². The fourth-order valence-electron chi connectivity index (χ4n) is 3.95. The SMILES string of the molecule is Cc1nccn1-c1ccc(CNC(=O)c2ccc(CN3CCC(C)CC3)cc2)cc1. The summed E-state index contributed by atoms with van der Waals surface area (Å²) in [7, 11) is 0. The highest BCUT2D eigenvalue weighted by Crippen LogP contribution is 2.18. The van der Waals surface area contributed by atoms with Gasteiger partial charge in [0.05, 0.1) is 0 Å². The van der Waals surface area contributed by atoms with Crippen LogP contribution in [-0.4, -0.2) is 33.4 Å². The Kier molecular flexibility index (Phi) is 6.29. The molecule has 156 valence electrons. The quantitative estimate of drug-likeness (QED) is 0.667. The maximum Gasteiger partial charge on any atom is 0.251 e. The molecule has 1 saturated heterocycles. The zero-order chi connectivity index (χ0) is 20.9. The van der Waals surface area contributed by atoms with Crippen LogP contribution in [0.4, 0.5) is 0 Å². The summed E-state index contributed by atoms with van der Waals surface area (Å²) in [5.41, 5.74) is 4.11. The topological polar surface area (TPSA) is 50.2 Å². The highest BCUT2D eigenvalue weighted by molar-refractivity contribution is 5.94. The maximum absolute atomic E-state index is 12.5. The summed E-state index contributed by atoms with van der Waals surface area (Å²) in [6.45, 7) is 8.13. The zero-order valence-electron chi connectivity index (χ0n) is 17.8. The first-order chi connectivity index (χ1) is 14.6. The number of nitrogens with zero attached hydrogens (tertiary/aromatic N) is 3. The Morgan fingerprint density at radius 2 is 1.70 bits per heavy atom. The van der Waals surface area contributed by atoms with E-state index >= 15 is 0 Å². The molecule has 1 fully saturated rings. The lowest BCUT2D eigenvalue weighted by atomic mass is 9.99. The first kappa shape index (κ1) is 20.4. The third-order valence-corrected chi connectivity index (χ3v) is 5.99. The summed E-state index contributed by atoms with van der Waals surface area (Å²) in [6.07, 6.45) is 6.30. The molecule has 0 spiro atoms. The molecule has 0 atom stereocenters. The van der Waals surface area contributed by atoms with E-state index in [1.165, 1.54) is 31.5 Å². The van der Waals surface area contributed by atoms with E-state index in [1.807, 2.05) is 54.1 Å². The van der Waals surface area contributed by atoms with Crippen molar-refractivity contribution in [3.63, 3.8) is 0 Å². The van der Waals surface area contributed by atoms with Crippen molar-refractivity contribution in [2.75, 3.05) is 13.1 Å². The molecule has 1 aliphatic rings. The third kappa shape index (κ3) is 4.97. The molecule has 0 saturated carbocycles. The Morgan fingerprint density at radius 3 is 2.33 bits per heavy atom. The zero-order valence-corrected chi connectivity index (χ0v) is 17.8. The van der Waals surface area contributed by atoms with E-state index in [-0.39, 0.29) is 5.91 Å². The molecule has 1 aliphatic heterocycles. The molecule has 2 heterocycles. The van der Waals surface area contributed by atoms with Crippen LogP contribution < -0.4 is 5.32 Å². The number of imidazole rings is 1. The summed E-state index contributed by atoms with van der Waals surface area (Å²) in [5, 5.41) is 3.02. The first-order valence-electron chi connectivity index (χ1n) is 10.8. The second-order valence-electron chi connectivity index (χ2n) is 8.35. The van der Waals surface area contributed by atoms with Crippen LogP contribution in [0.5, 0.6) is 0 Å².